The van der Waals surface area contributed by atoms with Crippen molar-refractivity contribution < 1.29 is 11.0 Å². The third-order valence-corrected chi connectivity index (χ3v) is 0.599. The fourth-order valence-corrected chi connectivity index (χ4v) is 0.225. The second-order valence-corrected chi connectivity index (χ2v) is 1.24. The predicted molar refractivity (Wildman–Crippen MR) is 42.5 cm³/mol. The topological polar surface area (TPSA) is 64.3 Å². The van der Waals surface area contributed by atoms with E-state index >= 15 is 0 Å². The van der Waals surface area contributed by atoms with Crippen LogP contribution in [0.5, 0.6) is 0 Å². The molecular formula is C6H18N2O2. The maximum absolute atomic E-state index is 10.3. The molecule has 0 spiro atoms. The van der Waals surface area contributed by atoms with Crippen LogP contribution in [-0.2, 0) is 9.53 Å². The summed E-state index contributed by atoms with van der Waals surface area (Å²) >= 11 is 0. The number of nitrogens with one attached hydrogen (secondary N) is 1. The number of carbonyl (C=O) groups is 1. The summed E-state index contributed by atoms with van der Waals surface area (Å²) < 4.78 is 4.53. The van der Waals surface area contributed by atoms with Gasteiger partial charge in [0, 0.05) is 8.54 Å². The lowest BCUT2D eigenvalue weighted by molar-refractivity contribution is -0.121. The van der Waals surface area contributed by atoms with Crippen molar-refractivity contribution >= 4 is 5.91 Å². The van der Waals surface area contributed by atoms with Gasteiger partial charge in [-0.2, -0.15) is 0 Å². The second-order valence-electron chi connectivity index (χ2n) is 1.24. The van der Waals surface area contributed by atoms with Crippen LogP contribution < -0.4 is 11.1 Å². The van der Waals surface area contributed by atoms with Crippen LogP contribution in [0.3, 0.4) is 0 Å². The van der Waals surface area contributed by atoms with E-state index in [1.165, 1.54) is 7.11 Å². The average Bonchev–Trinajstić information content (AvgIpc) is 2.04. The Bertz CT molecular complexity index is 81.0. The lowest BCUT2D eigenvalue weighted by Crippen LogP contribution is -2.31. The van der Waals surface area contributed by atoms with Crippen molar-refractivity contribution in [2.45, 2.75) is 13.8 Å². The number of methoxy groups -OCH3 is 1. The molecule has 4 heteroatoms. The molecule has 0 rings (SSSR count). The van der Waals surface area contributed by atoms with E-state index in [0.717, 1.165) is 0 Å². The largest absolute Gasteiger partial charge is 0.364 e. The number of carbonyl (C=O) groups excluding carboxylic acids is 1. The number of amides is 1. The molecule has 0 aromatic heterocycles. The van der Waals surface area contributed by atoms with Gasteiger partial charge in [-0.15, -0.1) is 0 Å². The highest BCUT2D eigenvalue weighted by molar-refractivity contribution is 5.77. The SMILES string of the molecule is CC.COCNC(=O)CN.[HH]. The number of hydrogen-bond donors (Lipinski definition) is 2. The lowest BCUT2D eigenvalue weighted by Gasteiger charge is -1.98. The molecule has 1 amide bonds. The minimum absolute atomic E-state index is 0. The van der Waals surface area contributed by atoms with E-state index in [1.54, 1.807) is 0 Å². The zero-order chi connectivity index (χ0) is 8.41. The molecule has 0 aromatic carbocycles. The smallest absolute Gasteiger partial charge is 0.235 e. The Balaban J connectivity index is -0.000000196. The minimum atomic E-state index is -0.202. The number of hydrogen-bond acceptors (Lipinski definition) is 3. The molecule has 3 N–H and O–H groups in total. The normalized spacial score (nSPS) is 7.60. The molecule has 0 unspecified atom stereocenters. The monoisotopic (exact) mass is 150 g/mol. The van der Waals surface area contributed by atoms with Gasteiger partial charge in [0.2, 0.25) is 5.91 Å². The molecule has 0 saturated carbocycles. The Labute approximate surface area is 63.2 Å². The van der Waals surface area contributed by atoms with Gasteiger partial charge in [0.25, 0.3) is 0 Å². The zero-order valence-electron chi connectivity index (χ0n) is 6.81. The van der Waals surface area contributed by atoms with Crippen molar-refractivity contribution in [1.82, 2.24) is 5.32 Å². The Morgan fingerprint density at radius 2 is 2.20 bits per heavy atom. The van der Waals surface area contributed by atoms with E-state index in [9.17, 15) is 4.79 Å². The molecule has 0 heterocycles. The first kappa shape index (κ1) is 12.1. The third-order valence-electron chi connectivity index (χ3n) is 0.599. The first-order valence-corrected chi connectivity index (χ1v) is 3.27. The van der Waals surface area contributed by atoms with E-state index in [0.29, 0.717) is 0 Å². The van der Waals surface area contributed by atoms with Crippen molar-refractivity contribution in [3.8, 4) is 0 Å². The van der Waals surface area contributed by atoms with Crippen LogP contribution in [0.4, 0.5) is 0 Å². The highest BCUT2D eigenvalue weighted by atomic mass is 16.5. The van der Waals surface area contributed by atoms with E-state index in [4.69, 9.17) is 5.73 Å². The van der Waals surface area contributed by atoms with Gasteiger partial charge in [-0.25, -0.2) is 0 Å². The van der Waals surface area contributed by atoms with Crippen molar-refractivity contribution in [1.29, 1.82) is 0 Å². The van der Waals surface area contributed by atoms with Crippen LogP contribution in [0.2, 0.25) is 0 Å². The summed E-state index contributed by atoms with van der Waals surface area (Å²) in [7, 11) is 1.50. The molecule has 64 valence electrons. The number of ether oxygens (including phenoxy) is 1. The lowest BCUT2D eigenvalue weighted by atomic mass is 10.6. The summed E-state index contributed by atoms with van der Waals surface area (Å²) in [5, 5.41) is 2.40. The summed E-state index contributed by atoms with van der Waals surface area (Å²) in [6, 6.07) is 0. The maximum atomic E-state index is 10.3. The number of rotatable bonds is 3. The van der Waals surface area contributed by atoms with Gasteiger partial charge in [-0.05, 0) is 0 Å². The fraction of sp³-hybridized carbons (Fsp3) is 0.833. The zero-order valence-corrected chi connectivity index (χ0v) is 6.81. The standard InChI is InChI=1S/C4H10N2O2.C2H6.H2/c1-8-3-6-4(7)2-5;1-2;/h2-3,5H2,1H3,(H,6,7);1-2H3;1H. The van der Waals surface area contributed by atoms with Crippen molar-refractivity contribution in [3.05, 3.63) is 0 Å². The first-order chi connectivity index (χ1) is 4.81. The predicted octanol–water partition coefficient (Wildman–Crippen LogP) is -0.0626. The minimum Gasteiger partial charge on any atom is -0.364 e. The first-order valence-electron chi connectivity index (χ1n) is 3.27. The molecule has 0 radical (unpaired) electrons. The van der Waals surface area contributed by atoms with Crippen molar-refractivity contribution in [2.24, 2.45) is 5.73 Å². The van der Waals surface area contributed by atoms with Crippen LogP contribution in [-0.4, -0.2) is 26.3 Å². The van der Waals surface area contributed by atoms with Crippen LogP contribution in [0.1, 0.15) is 15.3 Å². The van der Waals surface area contributed by atoms with Gasteiger partial charge in [0.05, 0.1) is 6.54 Å². The quantitative estimate of drug-likeness (QED) is 0.554. The van der Waals surface area contributed by atoms with Crippen LogP contribution in [0, 0.1) is 0 Å². The Hall–Kier alpha value is -0.610. The molecule has 0 aromatic rings. The highest BCUT2D eigenvalue weighted by Gasteiger charge is 1.91. The van der Waals surface area contributed by atoms with Gasteiger partial charge in [0.15, 0.2) is 0 Å². The molecule has 0 aliphatic rings. The van der Waals surface area contributed by atoms with Crippen molar-refractivity contribution in [3.63, 3.8) is 0 Å². The summed E-state index contributed by atoms with van der Waals surface area (Å²) in [5.41, 5.74) is 4.95. The summed E-state index contributed by atoms with van der Waals surface area (Å²) in [4.78, 5) is 10.3. The molecule has 0 saturated heterocycles. The maximum Gasteiger partial charge on any atom is 0.235 e. The van der Waals surface area contributed by atoms with Crippen molar-refractivity contribution in [2.75, 3.05) is 20.4 Å². The molecular weight excluding hydrogens is 132 g/mol. The molecule has 0 aliphatic heterocycles. The second kappa shape index (κ2) is 11.2. The molecule has 10 heavy (non-hydrogen) atoms. The summed E-state index contributed by atoms with van der Waals surface area (Å²) in [6.07, 6.45) is 0. The molecule has 0 fully saturated rings. The Morgan fingerprint density at radius 1 is 1.70 bits per heavy atom. The van der Waals surface area contributed by atoms with Crippen LogP contribution in [0.25, 0.3) is 0 Å². The van der Waals surface area contributed by atoms with Gasteiger partial charge >= 0.3 is 0 Å². The summed E-state index contributed by atoms with van der Waals surface area (Å²) in [5.74, 6) is -0.202. The molecule has 0 aliphatic carbocycles. The van der Waals surface area contributed by atoms with Crippen LogP contribution >= 0.6 is 0 Å². The third kappa shape index (κ3) is 10.4. The number of nitrogens with two attached hydrogens (primary N) is 1. The highest BCUT2D eigenvalue weighted by Crippen LogP contribution is 1.59. The van der Waals surface area contributed by atoms with Gasteiger partial charge in [0.1, 0.15) is 6.73 Å². The van der Waals surface area contributed by atoms with Crippen LogP contribution in [0.15, 0.2) is 0 Å². The Kier molecular flexibility index (Phi) is 13.6. The summed E-state index contributed by atoms with van der Waals surface area (Å²) in [6.45, 7) is 4.25. The molecule has 4 nitrogen and oxygen atoms in total. The van der Waals surface area contributed by atoms with E-state index < -0.39 is 0 Å². The Morgan fingerprint density at radius 3 is 2.50 bits per heavy atom. The average molecular weight is 150 g/mol. The molecule has 0 bridgehead atoms. The van der Waals surface area contributed by atoms with Gasteiger partial charge in [-0.3, -0.25) is 4.79 Å². The van der Waals surface area contributed by atoms with E-state index in [2.05, 4.69) is 10.1 Å². The van der Waals surface area contributed by atoms with E-state index in [1.807, 2.05) is 13.8 Å². The fourth-order valence-electron chi connectivity index (χ4n) is 0.225. The molecule has 0 atom stereocenters. The van der Waals surface area contributed by atoms with Gasteiger partial charge < -0.3 is 15.8 Å². The van der Waals surface area contributed by atoms with Gasteiger partial charge in [-0.1, -0.05) is 13.8 Å². The van der Waals surface area contributed by atoms with E-state index in [-0.39, 0.29) is 20.6 Å².